The molecular formula is C9H9BrO2. The average Bonchev–Trinajstić information content (AvgIpc) is 2.24. The van der Waals surface area contributed by atoms with Crippen LogP contribution in [0.25, 0.3) is 0 Å². The highest BCUT2D eigenvalue weighted by Gasteiger charge is 2.05. The number of carbonyl (C=O) groups excluding carboxylic acids is 1. The summed E-state index contributed by atoms with van der Waals surface area (Å²) in [6.07, 6.45) is 0. The Balaban J connectivity index is 3.77. The van der Waals surface area contributed by atoms with Crippen LogP contribution in [0.1, 0.15) is 24.1 Å². The Morgan fingerprint density at radius 2 is 2.42 bits per heavy atom. The Bertz CT molecular complexity index is 511. The van der Waals surface area contributed by atoms with Gasteiger partial charge in [0.25, 0.3) is 0 Å². The molecule has 64 valence electrons. The topological polar surface area (TPSA) is 26.3 Å². The Kier molecular flexibility index (Phi) is 1.21. The highest BCUT2D eigenvalue weighted by Crippen LogP contribution is 2.15. The summed E-state index contributed by atoms with van der Waals surface area (Å²) in [6, 6.07) is -1.58. The van der Waals surface area contributed by atoms with E-state index in [1.54, 1.807) is 0 Å². The molecule has 0 spiro atoms. The molecule has 3 heteroatoms. The molecule has 0 aliphatic heterocycles. The SMILES string of the molecule is [2H]c1c(Br)c([2H])c(C([2H])([2H])[2H])c([2H])c1C(=O)OC. The van der Waals surface area contributed by atoms with E-state index in [4.69, 9.17) is 8.22 Å². The lowest BCUT2D eigenvalue weighted by Gasteiger charge is -2.01. The first-order valence-corrected chi connectivity index (χ1v) is 3.80. The first kappa shape index (κ1) is 3.92. The van der Waals surface area contributed by atoms with Crippen molar-refractivity contribution in [2.45, 2.75) is 6.85 Å². The van der Waals surface area contributed by atoms with E-state index in [2.05, 4.69) is 20.7 Å². The van der Waals surface area contributed by atoms with Crippen LogP contribution in [0.5, 0.6) is 0 Å². The van der Waals surface area contributed by atoms with Gasteiger partial charge in [-0.1, -0.05) is 15.9 Å². The van der Waals surface area contributed by atoms with Crippen molar-refractivity contribution in [1.82, 2.24) is 0 Å². The zero-order valence-corrected chi connectivity index (χ0v) is 7.78. The minimum Gasteiger partial charge on any atom is -0.465 e. The molecule has 0 unspecified atom stereocenters. The fourth-order valence-electron chi connectivity index (χ4n) is 0.642. The zero-order chi connectivity index (χ0) is 14.2. The lowest BCUT2D eigenvalue weighted by Crippen LogP contribution is -2.01. The lowest BCUT2D eigenvalue weighted by atomic mass is 10.1. The van der Waals surface area contributed by atoms with Gasteiger partial charge in [-0.05, 0) is 30.5 Å². The zero-order valence-electron chi connectivity index (χ0n) is 12.2. The van der Waals surface area contributed by atoms with Gasteiger partial charge in [0.2, 0.25) is 0 Å². The van der Waals surface area contributed by atoms with Crippen LogP contribution in [0.15, 0.2) is 22.6 Å². The van der Waals surface area contributed by atoms with Crippen LogP contribution in [0, 0.1) is 6.85 Å². The number of benzene rings is 1. The van der Waals surface area contributed by atoms with Crippen LogP contribution in [0.2, 0.25) is 0 Å². The van der Waals surface area contributed by atoms with Gasteiger partial charge in [0.15, 0.2) is 0 Å². The molecule has 0 fully saturated rings. The Morgan fingerprint density at radius 3 is 3.00 bits per heavy atom. The maximum absolute atomic E-state index is 11.5. The third-order valence-electron chi connectivity index (χ3n) is 1.11. The van der Waals surface area contributed by atoms with Crippen LogP contribution >= 0.6 is 15.9 Å². The number of methoxy groups -OCH3 is 1. The molecule has 0 atom stereocenters. The van der Waals surface area contributed by atoms with Gasteiger partial charge in [-0.3, -0.25) is 0 Å². The van der Waals surface area contributed by atoms with Gasteiger partial charge in [-0.2, -0.15) is 0 Å². The second kappa shape index (κ2) is 3.72. The summed E-state index contributed by atoms with van der Waals surface area (Å²) in [5.74, 6) is -0.976. The summed E-state index contributed by atoms with van der Waals surface area (Å²) in [4.78, 5) is 11.5. The highest BCUT2D eigenvalue weighted by atomic mass is 79.9. The van der Waals surface area contributed by atoms with Crippen molar-refractivity contribution >= 4 is 21.9 Å². The van der Waals surface area contributed by atoms with Crippen molar-refractivity contribution in [1.29, 1.82) is 0 Å². The van der Waals surface area contributed by atoms with E-state index in [-0.39, 0.29) is 4.47 Å². The Labute approximate surface area is 88.1 Å². The maximum Gasteiger partial charge on any atom is 0.337 e. The fraction of sp³-hybridized carbons (Fsp3) is 0.222. The van der Waals surface area contributed by atoms with E-state index in [0.717, 1.165) is 7.11 Å². The smallest absolute Gasteiger partial charge is 0.337 e. The van der Waals surface area contributed by atoms with Gasteiger partial charge < -0.3 is 4.74 Å². The van der Waals surface area contributed by atoms with Gasteiger partial charge >= 0.3 is 5.97 Å². The molecule has 0 aromatic heterocycles. The van der Waals surface area contributed by atoms with Crippen molar-refractivity contribution < 1.29 is 17.8 Å². The van der Waals surface area contributed by atoms with Crippen molar-refractivity contribution in [2.75, 3.05) is 7.11 Å². The number of hydrogen-bond donors (Lipinski definition) is 0. The van der Waals surface area contributed by atoms with Crippen LogP contribution < -0.4 is 0 Å². The molecule has 1 aromatic rings. The molecule has 0 heterocycles. The van der Waals surface area contributed by atoms with Crippen LogP contribution in [-0.4, -0.2) is 13.1 Å². The third-order valence-corrected chi connectivity index (χ3v) is 1.51. The molecule has 0 radical (unpaired) electrons. The number of ether oxygens (including phenoxy) is 1. The van der Waals surface area contributed by atoms with Crippen LogP contribution in [-0.2, 0) is 4.74 Å². The van der Waals surface area contributed by atoms with Crippen LogP contribution in [0.3, 0.4) is 0 Å². The van der Waals surface area contributed by atoms with E-state index in [9.17, 15) is 4.79 Å². The number of carbonyl (C=O) groups is 1. The quantitative estimate of drug-likeness (QED) is 0.699. The highest BCUT2D eigenvalue weighted by molar-refractivity contribution is 9.10. The molecule has 1 rings (SSSR count). The molecular weight excluding hydrogens is 220 g/mol. The standard InChI is InChI=1S/C9H9BrO2/c1-6-3-7(9(11)12-2)5-8(10)4-6/h3-5H,1-2H3/i1D3,3D,4D,5D. The third kappa shape index (κ3) is 2.08. The molecule has 2 nitrogen and oxygen atoms in total. The van der Waals surface area contributed by atoms with E-state index in [1.165, 1.54) is 0 Å². The second-order valence-electron chi connectivity index (χ2n) is 1.93. The molecule has 0 N–H and O–H groups in total. The number of halogens is 1. The summed E-state index contributed by atoms with van der Waals surface area (Å²) >= 11 is 2.89. The van der Waals surface area contributed by atoms with E-state index >= 15 is 0 Å². The summed E-state index contributed by atoms with van der Waals surface area (Å²) in [5.41, 5.74) is -1.04. The Morgan fingerprint density at radius 1 is 1.67 bits per heavy atom. The first-order chi connectivity index (χ1) is 8.12. The lowest BCUT2D eigenvalue weighted by molar-refractivity contribution is 0.0600. The predicted octanol–water partition coefficient (Wildman–Crippen LogP) is 2.54. The summed E-state index contributed by atoms with van der Waals surface area (Å²) in [6.45, 7) is -2.72. The van der Waals surface area contributed by atoms with Crippen LogP contribution in [0.4, 0.5) is 0 Å². The van der Waals surface area contributed by atoms with Crippen molar-refractivity contribution in [2.24, 2.45) is 0 Å². The first-order valence-electron chi connectivity index (χ1n) is 6.01. The van der Waals surface area contributed by atoms with E-state index in [1.807, 2.05) is 0 Å². The van der Waals surface area contributed by atoms with Gasteiger partial charge in [-0.15, -0.1) is 0 Å². The van der Waals surface area contributed by atoms with Gasteiger partial charge in [0, 0.05) is 8.58 Å². The largest absolute Gasteiger partial charge is 0.465 e. The summed E-state index contributed by atoms with van der Waals surface area (Å²) < 4.78 is 49.1. The predicted molar refractivity (Wildman–Crippen MR) is 50.2 cm³/mol. The normalized spacial score (nSPS) is 17.8. The van der Waals surface area contributed by atoms with Gasteiger partial charge in [0.05, 0.1) is 16.8 Å². The minimum absolute atomic E-state index is 0.148. The molecule has 1 aromatic carbocycles. The van der Waals surface area contributed by atoms with E-state index < -0.39 is 42.1 Å². The molecule has 0 bridgehead atoms. The fourth-order valence-corrected chi connectivity index (χ4v) is 1.04. The van der Waals surface area contributed by atoms with E-state index in [0.29, 0.717) is 0 Å². The van der Waals surface area contributed by atoms with Gasteiger partial charge in [-0.25, -0.2) is 4.79 Å². The Hall–Kier alpha value is -0.830. The molecule has 0 saturated heterocycles. The number of rotatable bonds is 1. The number of hydrogen-bond acceptors (Lipinski definition) is 2. The molecule has 0 saturated carbocycles. The molecule has 0 aliphatic rings. The van der Waals surface area contributed by atoms with Crippen molar-refractivity contribution in [3.63, 3.8) is 0 Å². The summed E-state index contributed by atoms with van der Waals surface area (Å²) in [5, 5.41) is 0. The average molecular weight is 235 g/mol. The molecule has 0 amide bonds. The second-order valence-corrected chi connectivity index (χ2v) is 2.72. The van der Waals surface area contributed by atoms with Crippen molar-refractivity contribution in [3.05, 3.63) is 33.7 Å². The monoisotopic (exact) mass is 234 g/mol. The number of esters is 1. The molecule has 0 aliphatic carbocycles. The minimum atomic E-state index is -2.72. The van der Waals surface area contributed by atoms with Crippen molar-refractivity contribution in [3.8, 4) is 0 Å². The summed E-state index contributed by atoms with van der Waals surface area (Å²) in [7, 11) is 1.07. The maximum atomic E-state index is 11.5. The van der Waals surface area contributed by atoms with Gasteiger partial charge in [0.1, 0.15) is 0 Å². The molecule has 12 heavy (non-hydrogen) atoms.